The van der Waals surface area contributed by atoms with Crippen LogP contribution in [0.1, 0.15) is 32.4 Å². The normalized spacial score (nSPS) is 11.7. The molecule has 144 valence electrons. The fourth-order valence-electron chi connectivity index (χ4n) is 2.36. The van der Waals surface area contributed by atoms with E-state index in [1.165, 1.54) is 6.92 Å². The summed E-state index contributed by atoms with van der Waals surface area (Å²) in [6.45, 7) is 5.04. The van der Waals surface area contributed by atoms with Crippen LogP contribution in [-0.4, -0.2) is 40.2 Å². The summed E-state index contributed by atoms with van der Waals surface area (Å²) >= 11 is 0. The number of aromatic nitrogens is 2. The molecule has 0 aliphatic carbocycles. The average molecular weight is 372 g/mol. The number of hydrogen-bond acceptors (Lipinski definition) is 5. The zero-order chi connectivity index (χ0) is 19.8. The van der Waals surface area contributed by atoms with Gasteiger partial charge in [-0.05, 0) is 26.3 Å². The highest BCUT2D eigenvalue weighted by Crippen LogP contribution is 2.13. The molecule has 0 aliphatic rings. The minimum atomic E-state index is -1.00. The monoisotopic (exact) mass is 372 g/mol. The molecule has 8 nitrogen and oxygen atoms in total. The highest BCUT2D eigenvalue weighted by atomic mass is 16.5. The molecule has 2 amide bonds. The number of hydrogen-bond donors (Lipinski definition) is 2. The maximum Gasteiger partial charge on any atom is 0.326 e. The zero-order valence-electron chi connectivity index (χ0n) is 15.6. The van der Waals surface area contributed by atoms with Crippen molar-refractivity contribution < 1.29 is 19.1 Å². The molecule has 0 radical (unpaired) electrons. The van der Waals surface area contributed by atoms with E-state index in [9.17, 15) is 14.4 Å². The fraction of sp³-hybridized carbons (Fsp3) is 0.368. The van der Waals surface area contributed by atoms with Crippen molar-refractivity contribution in [3.63, 3.8) is 0 Å². The summed E-state index contributed by atoms with van der Waals surface area (Å²) in [6.07, 6.45) is 0.747. The Labute approximate surface area is 157 Å². The van der Waals surface area contributed by atoms with Crippen LogP contribution < -0.4 is 10.6 Å². The summed E-state index contributed by atoms with van der Waals surface area (Å²) in [4.78, 5) is 35.9. The third-order valence-corrected chi connectivity index (χ3v) is 3.73. The summed E-state index contributed by atoms with van der Waals surface area (Å²) in [5.41, 5.74) is 0.845. The van der Waals surface area contributed by atoms with E-state index in [1.807, 2.05) is 44.2 Å². The van der Waals surface area contributed by atoms with Gasteiger partial charge in [-0.15, -0.1) is 0 Å². The molecule has 27 heavy (non-hydrogen) atoms. The first-order chi connectivity index (χ1) is 12.9. The summed E-state index contributed by atoms with van der Waals surface area (Å²) in [6, 6.07) is 10.9. The minimum Gasteiger partial charge on any atom is -0.451 e. The number of nitrogens with zero attached hydrogens (tertiary/aromatic N) is 2. The van der Waals surface area contributed by atoms with Crippen molar-refractivity contribution in [1.29, 1.82) is 0 Å². The Balaban J connectivity index is 1.76. The predicted molar refractivity (Wildman–Crippen MR) is 100.0 cm³/mol. The van der Waals surface area contributed by atoms with Crippen LogP contribution in [0.5, 0.6) is 0 Å². The van der Waals surface area contributed by atoms with Crippen LogP contribution in [0, 0.1) is 0 Å². The number of amides is 2. The van der Waals surface area contributed by atoms with Gasteiger partial charge in [0.2, 0.25) is 5.91 Å². The molecule has 0 fully saturated rings. The largest absolute Gasteiger partial charge is 0.451 e. The molecule has 1 unspecified atom stereocenters. The van der Waals surface area contributed by atoms with Gasteiger partial charge < -0.3 is 15.4 Å². The molecule has 2 rings (SSSR count). The zero-order valence-corrected chi connectivity index (χ0v) is 15.6. The third kappa shape index (κ3) is 6.25. The molecule has 1 atom stereocenters. The molecule has 1 aromatic carbocycles. The van der Waals surface area contributed by atoms with Gasteiger partial charge >= 0.3 is 5.97 Å². The number of rotatable bonds is 8. The smallest absolute Gasteiger partial charge is 0.326 e. The van der Waals surface area contributed by atoms with E-state index in [4.69, 9.17) is 4.74 Å². The predicted octanol–water partition coefficient (Wildman–Crippen LogP) is 1.69. The van der Waals surface area contributed by atoms with Crippen LogP contribution in [0.4, 0.5) is 5.82 Å². The van der Waals surface area contributed by atoms with Gasteiger partial charge in [0.15, 0.2) is 6.10 Å². The van der Waals surface area contributed by atoms with E-state index in [0.29, 0.717) is 5.82 Å². The Hall–Kier alpha value is -3.16. The Morgan fingerprint density at radius 2 is 1.81 bits per heavy atom. The molecule has 2 N–H and O–H groups in total. The summed E-state index contributed by atoms with van der Waals surface area (Å²) < 4.78 is 6.72. The first-order valence-corrected chi connectivity index (χ1v) is 8.71. The van der Waals surface area contributed by atoms with Crippen LogP contribution >= 0.6 is 0 Å². The quantitative estimate of drug-likeness (QED) is 0.687. The SMILES string of the molecule is CC(OC(=O)CNC(=O)Cc1ccccc1)C(=O)Nc1ccnn1C(C)C. The van der Waals surface area contributed by atoms with E-state index < -0.39 is 18.0 Å². The lowest BCUT2D eigenvalue weighted by molar-refractivity contribution is -0.152. The summed E-state index contributed by atoms with van der Waals surface area (Å²) in [7, 11) is 0. The van der Waals surface area contributed by atoms with E-state index in [2.05, 4.69) is 15.7 Å². The van der Waals surface area contributed by atoms with Crippen LogP contribution in [0.3, 0.4) is 0 Å². The molecule has 8 heteroatoms. The topological polar surface area (TPSA) is 102 Å². The lowest BCUT2D eigenvalue weighted by atomic mass is 10.1. The van der Waals surface area contributed by atoms with Gasteiger partial charge in [-0.25, -0.2) is 4.68 Å². The van der Waals surface area contributed by atoms with Gasteiger partial charge in [-0.3, -0.25) is 14.4 Å². The highest BCUT2D eigenvalue weighted by molar-refractivity contribution is 5.94. The molecule has 0 saturated carbocycles. The van der Waals surface area contributed by atoms with Crippen LogP contribution in [0.25, 0.3) is 0 Å². The molecule has 0 saturated heterocycles. The van der Waals surface area contributed by atoms with E-state index in [0.717, 1.165) is 5.56 Å². The number of ether oxygens (including phenoxy) is 1. The number of carbonyl (C=O) groups is 3. The maximum absolute atomic E-state index is 12.2. The van der Waals surface area contributed by atoms with Crippen molar-refractivity contribution in [3.8, 4) is 0 Å². The summed E-state index contributed by atoms with van der Waals surface area (Å²) in [5, 5.41) is 9.28. The van der Waals surface area contributed by atoms with Crippen molar-refractivity contribution in [2.45, 2.75) is 39.3 Å². The van der Waals surface area contributed by atoms with E-state index >= 15 is 0 Å². The Morgan fingerprint density at radius 3 is 2.48 bits per heavy atom. The van der Waals surface area contributed by atoms with Crippen LogP contribution in [0.15, 0.2) is 42.6 Å². The first-order valence-electron chi connectivity index (χ1n) is 8.71. The van der Waals surface area contributed by atoms with E-state index in [1.54, 1.807) is 16.9 Å². The molecule has 0 spiro atoms. The van der Waals surface area contributed by atoms with Crippen molar-refractivity contribution in [1.82, 2.24) is 15.1 Å². The van der Waals surface area contributed by atoms with Crippen molar-refractivity contribution in [3.05, 3.63) is 48.2 Å². The number of esters is 1. The van der Waals surface area contributed by atoms with Gasteiger partial charge in [-0.1, -0.05) is 30.3 Å². The number of nitrogens with one attached hydrogen (secondary N) is 2. The Kier molecular flexibility index (Phi) is 7.10. The van der Waals surface area contributed by atoms with Gasteiger partial charge in [0.1, 0.15) is 12.4 Å². The number of anilines is 1. The molecular weight excluding hydrogens is 348 g/mol. The molecule has 0 bridgehead atoms. The Morgan fingerprint density at radius 1 is 1.11 bits per heavy atom. The van der Waals surface area contributed by atoms with Crippen molar-refractivity contribution in [2.24, 2.45) is 0 Å². The second kappa shape index (κ2) is 9.51. The third-order valence-electron chi connectivity index (χ3n) is 3.73. The van der Waals surface area contributed by atoms with Crippen LogP contribution in [0.2, 0.25) is 0 Å². The molecule has 1 heterocycles. The molecule has 1 aromatic heterocycles. The van der Waals surface area contributed by atoms with Gasteiger partial charge in [0, 0.05) is 12.1 Å². The number of carbonyl (C=O) groups excluding carboxylic acids is 3. The van der Waals surface area contributed by atoms with Gasteiger partial charge in [0.25, 0.3) is 5.91 Å². The van der Waals surface area contributed by atoms with E-state index in [-0.39, 0.29) is 24.9 Å². The summed E-state index contributed by atoms with van der Waals surface area (Å²) in [5.74, 6) is -0.928. The first kappa shape index (κ1) is 20.2. The average Bonchev–Trinajstić information content (AvgIpc) is 3.09. The molecular formula is C19H24N4O4. The van der Waals surface area contributed by atoms with Gasteiger partial charge in [-0.2, -0.15) is 5.10 Å². The van der Waals surface area contributed by atoms with Gasteiger partial charge in [0.05, 0.1) is 12.6 Å². The second-order valence-corrected chi connectivity index (χ2v) is 6.32. The molecule has 2 aromatic rings. The lowest BCUT2D eigenvalue weighted by Crippen LogP contribution is -2.36. The highest BCUT2D eigenvalue weighted by Gasteiger charge is 2.20. The fourth-order valence-corrected chi connectivity index (χ4v) is 2.36. The second-order valence-electron chi connectivity index (χ2n) is 6.32. The Bertz CT molecular complexity index is 786. The molecule has 0 aliphatic heterocycles. The van der Waals surface area contributed by atoms with Crippen molar-refractivity contribution >= 4 is 23.6 Å². The van der Waals surface area contributed by atoms with Crippen molar-refractivity contribution in [2.75, 3.05) is 11.9 Å². The maximum atomic E-state index is 12.2. The standard InChI is InChI=1S/C19H24N4O4/c1-13(2)23-16(9-10-21-23)22-19(26)14(3)27-18(25)12-20-17(24)11-15-7-5-4-6-8-15/h4-10,13-14H,11-12H2,1-3H3,(H,20,24)(H,22,26). The number of benzene rings is 1. The lowest BCUT2D eigenvalue weighted by Gasteiger charge is -2.16. The minimum absolute atomic E-state index is 0.0768. The van der Waals surface area contributed by atoms with Crippen LogP contribution in [-0.2, 0) is 25.5 Å².